The summed E-state index contributed by atoms with van der Waals surface area (Å²) in [7, 11) is 0. The fraction of sp³-hybridized carbons (Fsp3) is 0.235. The molecule has 5 heteroatoms. The Hall–Kier alpha value is -1.85. The molecule has 2 aromatic rings. The smallest absolute Gasteiger partial charge is 0.224 e. The number of carbonyl (C=O) groups excluding carboxylic acids is 1. The number of aliphatic hydroxyl groups excluding tert-OH is 1. The Kier molecular flexibility index (Phi) is 5.98. The number of amides is 1. The Morgan fingerprint density at radius 3 is 2.41 bits per heavy atom. The molecule has 1 amide bonds. The second-order valence-electron chi connectivity index (χ2n) is 4.90. The van der Waals surface area contributed by atoms with Crippen LogP contribution in [0, 0.1) is 5.82 Å². The Bertz CT molecular complexity index is 614. The molecule has 0 saturated heterocycles. The van der Waals surface area contributed by atoms with Gasteiger partial charge in [0, 0.05) is 11.4 Å². The van der Waals surface area contributed by atoms with Crippen LogP contribution in [0.25, 0.3) is 0 Å². The summed E-state index contributed by atoms with van der Waals surface area (Å²) in [5.74, 6) is -0.528. The van der Waals surface area contributed by atoms with E-state index < -0.39 is 6.10 Å². The van der Waals surface area contributed by atoms with Gasteiger partial charge in [0.2, 0.25) is 5.91 Å². The molecule has 2 N–H and O–H groups in total. The van der Waals surface area contributed by atoms with Crippen LogP contribution in [0.3, 0.4) is 0 Å². The van der Waals surface area contributed by atoms with Crippen molar-refractivity contribution < 1.29 is 14.3 Å². The lowest BCUT2D eigenvalue weighted by molar-refractivity contribution is -0.120. The zero-order valence-corrected chi connectivity index (χ0v) is 13.1. The highest BCUT2D eigenvalue weighted by molar-refractivity contribution is 7.98. The second-order valence-corrected chi connectivity index (χ2v) is 5.78. The first-order chi connectivity index (χ1) is 10.6. The minimum atomic E-state index is -0.743. The predicted octanol–water partition coefficient (Wildman–Crippen LogP) is 2.94. The van der Waals surface area contributed by atoms with Gasteiger partial charge in [0.05, 0.1) is 12.5 Å². The Morgan fingerprint density at radius 1 is 1.18 bits per heavy atom. The molecule has 0 aliphatic heterocycles. The van der Waals surface area contributed by atoms with Gasteiger partial charge in [-0.25, -0.2) is 4.39 Å². The van der Waals surface area contributed by atoms with Gasteiger partial charge in [-0.15, -0.1) is 11.8 Å². The SMILES string of the molecule is CSc1ccc([C@@H](O)CNC(=O)Cc2ccc(F)cc2)cc1. The number of aliphatic hydroxyl groups is 1. The molecule has 0 fully saturated rings. The van der Waals surface area contributed by atoms with E-state index in [0.29, 0.717) is 0 Å². The summed E-state index contributed by atoms with van der Waals surface area (Å²) in [6.07, 6.45) is 1.41. The minimum absolute atomic E-state index is 0.151. The second kappa shape index (κ2) is 7.96. The Morgan fingerprint density at radius 2 is 1.82 bits per heavy atom. The van der Waals surface area contributed by atoms with Gasteiger partial charge >= 0.3 is 0 Å². The number of thioether (sulfide) groups is 1. The molecule has 3 nitrogen and oxygen atoms in total. The minimum Gasteiger partial charge on any atom is -0.387 e. The van der Waals surface area contributed by atoms with Crippen molar-refractivity contribution in [3.8, 4) is 0 Å². The van der Waals surface area contributed by atoms with Crippen molar-refractivity contribution >= 4 is 17.7 Å². The first kappa shape index (κ1) is 16.5. The average Bonchev–Trinajstić information content (AvgIpc) is 2.55. The van der Waals surface area contributed by atoms with Crippen LogP contribution >= 0.6 is 11.8 Å². The van der Waals surface area contributed by atoms with E-state index in [1.807, 2.05) is 30.5 Å². The highest BCUT2D eigenvalue weighted by Crippen LogP contribution is 2.18. The van der Waals surface area contributed by atoms with Crippen molar-refractivity contribution in [3.63, 3.8) is 0 Å². The van der Waals surface area contributed by atoms with Gasteiger partial charge < -0.3 is 10.4 Å². The fourth-order valence-corrected chi connectivity index (χ4v) is 2.41. The van der Waals surface area contributed by atoms with E-state index in [9.17, 15) is 14.3 Å². The summed E-state index contributed by atoms with van der Waals surface area (Å²) in [5.41, 5.74) is 1.50. The van der Waals surface area contributed by atoms with Crippen molar-refractivity contribution in [1.29, 1.82) is 0 Å². The van der Waals surface area contributed by atoms with Crippen LogP contribution in [0.4, 0.5) is 4.39 Å². The van der Waals surface area contributed by atoms with Gasteiger partial charge in [0.15, 0.2) is 0 Å². The van der Waals surface area contributed by atoms with Crippen LogP contribution in [0.1, 0.15) is 17.2 Å². The number of benzene rings is 2. The van der Waals surface area contributed by atoms with Crippen LogP contribution in [-0.2, 0) is 11.2 Å². The summed E-state index contributed by atoms with van der Waals surface area (Å²) in [5, 5.41) is 12.7. The molecule has 0 spiro atoms. The maximum Gasteiger partial charge on any atom is 0.224 e. The van der Waals surface area contributed by atoms with E-state index in [1.54, 1.807) is 23.9 Å². The van der Waals surface area contributed by atoms with Crippen molar-refractivity contribution in [1.82, 2.24) is 5.32 Å². The van der Waals surface area contributed by atoms with Crippen LogP contribution in [-0.4, -0.2) is 23.8 Å². The van der Waals surface area contributed by atoms with Gasteiger partial charge in [-0.3, -0.25) is 4.79 Å². The van der Waals surface area contributed by atoms with Gasteiger partial charge in [-0.1, -0.05) is 24.3 Å². The lowest BCUT2D eigenvalue weighted by Crippen LogP contribution is -2.29. The normalized spacial score (nSPS) is 12.0. The molecule has 0 aliphatic carbocycles. The molecule has 2 rings (SSSR count). The molecule has 0 heterocycles. The lowest BCUT2D eigenvalue weighted by Gasteiger charge is -2.13. The van der Waals surface area contributed by atoms with Crippen LogP contribution in [0.15, 0.2) is 53.4 Å². The monoisotopic (exact) mass is 319 g/mol. The van der Waals surface area contributed by atoms with Crippen LogP contribution < -0.4 is 5.32 Å². The van der Waals surface area contributed by atoms with Crippen molar-refractivity contribution in [2.45, 2.75) is 17.4 Å². The maximum atomic E-state index is 12.8. The Balaban J connectivity index is 1.83. The van der Waals surface area contributed by atoms with Gasteiger partial charge in [-0.2, -0.15) is 0 Å². The molecular weight excluding hydrogens is 301 g/mol. The highest BCUT2D eigenvalue weighted by atomic mass is 32.2. The highest BCUT2D eigenvalue weighted by Gasteiger charge is 2.10. The number of rotatable bonds is 6. The predicted molar refractivity (Wildman–Crippen MR) is 86.3 cm³/mol. The molecular formula is C17H18FNO2S. The number of hydrogen-bond acceptors (Lipinski definition) is 3. The first-order valence-electron chi connectivity index (χ1n) is 6.91. The number of nitrogens with one attached hydrogen (secondary N) is 1. The van der Waals surface area contributed by atoms with Gasteiger partial charge in [-0.05, 0) is 41.6 Å². The van der Waals surface area contributed by atoms with E-state index in [0.717, 1.165) is 16.0 Å². The summed E-state index contributed by atoms with van der Waals surface area (Å²) >= 11 is 1.63. The summed E-state index contributed by atoms with van der Waals surface area (Å²) in [6.45, 7) is 0.151. The van der Waals surface area contributed by atoms with E-state index in [2.05, 4.69) is 5.32 Å². The summed E-state index contributed by atoms with van der Waals surface area (Å²) < 4.78 is 12.8. The number of halogens is 1. The standard InChI is InChI=1S/C17H18FNO2S/c1-22-15-8-4-13(5-9-15)16(20)11-19-17(21)10-12-2-6-14(18)7-3-12/h2-9,16,20H,10-11H2,1H3,(H,19,21)/t16-/m0/s1. The van der Waals surface area contributed by atoms with Crippen molar-refractivity contribution in [2.24, 2.45) is 0 Å². The van der Waals surface area contributed by atoms with E-state index in [1.165, 1.54) is 12.1 Å². The van der Waals surface area contributed by atoms with Gasteiger partial charge in [0.25, 0.3) is 0 Å². The van der Waals surface area contributed by atoms with E-state index >= 15 is 0 Å². The molecule has 2 aromatic carbocycles. The molecule has 1 atom stereocenters. The maximum absolute atomic E-state index is 12.8. The van der Waals surface area contributed by atoms with E-state index in [-0.39, 0.29) is 24.7 Å². The molecule has 0 aromatic heterocycles. The lowest BCUT2D eigenvalue weighted by atomic mass is 10.1. The first-order valence-corrected chi connectivity index (χ1v) is 8.14. The third-order valence-corrected chi connectivity index (χ3v) is 4.01. The summed E-state index contributed by atoms with van der Waals surface area (Å²) in [4.78, 5) is 12.9. The topological polar surface area (TPSA) is 49.3 Å². The number of hydrogen-bond donors (Lipinski definition) is 2. The quantitative estimate of drug-likeness (QED) is 0.805. The van der Waals surface area contributed by atoms with Crippen molar-refractivity contribution in [3.05, 3.63) is 65.5 Å². The van der Waals surface area contributed by atoms with Crippen LogP contribution in [0.5, 0.6) is 0 Å². The number of carbonyl (C=O) groups is 1. The molecule has 0 unspecified atom stereocenters. The fourth-order valence-electron chi connectivity index (χ4n) is 2.00. The Labute approximate surface area is 133 Å². The van der Waals surface area contributed by atoms with Crippen LogP contribution in [0.2, 0.25) is 0 Å². The third-order valence-electron chi connectivity index (χ3n) is 3.27. The van der Waals surface area contributed by atoms with E-state index in [4.69, 9.17) is 0 Å². The zero-order valence-electron chi connectivity index (χ0n) is 12.3. The molecule has 0 radical (unpaired) electrons. The molecule has 0 aliphatic rings. The third kappa shape index (κ3) is 4.86. The summed E-state index contributed by atoms with van der Waals surface area (Å²) in [6, 6.07) is 13.4. The van der Waals surface area contributed by atoms with Crippen molar-refractivity contribution in [2.75, 3.05) is 12.8 Å². The average molecular weight is 319 g/mol. The molecule has 0 bridgehead atoms. The largest absolute Gasteiger partial charge is 0.387 e. The molecule has 0 saturated carbocycles. The zero-order chi connectivity index (χ0) is 15.9. The molecule has 22 heavy (non-hydrogen) atoms. The van der Waals surface area contributed by atoms with Gasteiger partial charge in [0.1, 0.15) is 5.82 Å². The molecule has 116 valence electrons.